The minimum Gasteiger partial charge on any atom is -0.480 e. The molecule has 0 amide bonds. The molecular weight excluding hydrogens is 798 g/mol. The summed E-state index contributed by atoms with van der Waals surface area (Å²) in [7, 11) is 0. The molecule has 6 rings (SSSR count). The van der Waals surface area contributed by atoms with E-state index in [0.717, 1.165) is 0 Å². The van der Waals surface area contributed by atoms with Gasteiger partial charge >= 0.3 is 35.8 Å². The van der Waals surface area contributed by atoms with Crippen LogP contribution in [0.25, 0.3) is 0 Å². The molecule has 14 unspecified atom stereocenters. The molecule has 342 valence electrons. The third-order valence-electron chi connectivity index (χ3n) is 13.5. The van der Waals surface area contributed by atoms with Crippen LogP contribution in [0.1, 0.15) is 80.1 Å². The van der Waals surface area contributed by atoms with Crippen molar-refractivity contribution in [1.29, 1.82) is 0 Å². The molecule has 0 radical (unpaired) electrons. The molecule has 0 aromatic rings. The lowest BCUT2D eigenvalue weighted by molar-refractivity contribution is -0.175. The highest BCUT2D eigenvalue weighted by Crippen LogP contribution is 2.46. The second-order valence-corrected chi connectivity index (χ2v) is 17.8. The predicted octanol–water partition coefficient (Wildman–Crippen LogP) is 0.215. The standard InChI is InChI=1S/3C13H21NO6/c3*1-6-5-19-9-4-13(12(17)18,3-8(14)11(15)16)20-10(9)7(6)2/h3*6-10H,3-5,14H2,1-2H3,(H,15,16)(H,17,18)/t6?,7?,8?,9?,10?,13-;6?,7?,8-,9?,10?,13?;6?,7?,8-,9?,10?,13-/m000/s1. The van der Waals surface area contributed by atoms with E-state index >= 15 is 0 Å². The number of aliphatic carboxylic acids is 6. The van der Waals surface area contributed by atoms with Crippen LogP contribution in [-0.2, 0) is 57.2 Å². The molecule has 0 aliphatic carbocycles. The fraction of sp³-hybridized carbons (Fsp3) is 0.846. The van der Waals surface area contributed by atoms with Crippen molar-refractivity contribution in [2.75, 3.05) is 19.8 Å². The second kappa shape index (κ2) is 19.2. The molecule has 0 bridgehead atoms. The first-order chi connectivity index (χ1) is 27.8. The van der Waals surface area contributed by atoms with Gasteiger partial charge in [-0.15, -0.1) is 0 Å². The Kier molecular flexibility index (Phi) is 15.8. The summed E-state index contributed by atoms with van der Waals surface area (Å²) >= 11 is 0. The summed E-state index contributed by atoms with van der Waals surface area (Å²) in [6, 6.07) is -3.79. The summed E-state index contributed by atoms with van der Waals surface area (Å²) in [5.41, 5.74) is 11.8. The number of nitrogens with two attached hydrogens (primary N) is 3. The first-order valence-electron chi connectivity index (χ1n) is 20.3. The first kappa shape index (κ1) is 49.1. The minimum absolute atomic E-state index is 0.144. The van der Waals surface area contributed by atoms with Crippen molar-refractivity contribution in [3.05, 3.63) is 0 Å². The number of hydrogen-bond acceptors (Lipinski definition) is 15. The van der Waals surface area contributed by atoms with Gasteiger partial charge in [0.05, 0.1) is 36.6 Å². The second-order valence-electron chi connectivity index (χ2n) is 17.8. The Morgan fingerprint density at radius 3 is 0.867 bits per heavy atom. The summed E-state index contributed by atoms with van der Waals surface area (Å²) < 4.78 is 34.2. The Balaban J connectivity index is 0.000000198. The SMILES string of the molecule is CC1COC2CC(C[C@H](N)C(=O)O)(C(=O)O)OC2C1C.CC1COC2C[C@@](CC(N)C(=O)O)(C(=O)O)OC2C1C.CC1COC2C[C@@](C[C@H](N)C(=O)O)(C(=O)O)OC2C1C. The van der Waals surface area contributed by atoms with Gasteiger partial charge in [0.25, 0.3) is 0 Å². The molecule has 60 heavy (non-hydrogen) atoms. The van der Waals surface area contributed by atoms with Crippen molar-refractivity contribution in [3.8, 4) is 0 Å². The van der Waals surface area contributed by atoms with Gasteiger partial charge in [-0.3, -0.25) is 14.4 Å². The third-order valence-corrected chi connectivity index (χ3v) is 13.5. The quantitative estimate of drug-likeness (QED) is 0.127. The van der Waals surface area contributed by atoms with Gasteiger partial charge in [0.1, 0.15) is 18.1 Å². The number of carboxylic acid groups (broad SMARTS) is 6. The minimum atomic E-state index is -1.56. The van der Waals surface area contributed by atoms with Crippen LogP contribution in [0.3, 0.4) is 0 Å². The third kappa shape index (κ3) is 10.4. The molecule has 6 aliphatic rings. The fourth-order valence-electron chi connectivity index (χ4n) is 8.93. The zero-order valence-corrected chi connectivity index (χ0v) is 34.8. The van der Waals surface area contributed by atoms with Crippen LogP contribution in [0.2, 0.25) is 0 Å². The van der Waals surface area contributed by atoms with Crippen molar-refractivity contribution >= 4 is 35.8 Å². The summed E-state index contributed by atoms with van der Waals surface area (Å²) in [6.07, 6.45) is -2.22. The molecule has 0 aromatic heterocycles. The highest BCUT2D eigenvalue weighted by molar-refractivity contribution is 5.82. The maximum Gasteiger partial charge on any atom is 0.336 e. The van der Waals surface area contributed by atoms with Crippen LogP contribution in [-0.4, -0.2) is 158 Å². The molecule has 6 fully saturated rings. The Morgan fingerprint density at radius 2 is 0.683 bits per heavy atom. The number of hydrogen-bond donors (Lipinski definition) is 9. The highest BCUT2D eigenvalue weighted by atomic mass is 16.6. The number of carboxylic acids is 6. The van der Waals surface area contributed by atoms with Gasteiger partial charge in [-0.1, -0.05) is 41.5 Å². The lowest BCUT2D eigenvalue weighted by atomic mass is 9.84. The van der Waals surface area contributed by atoms with Crippen LogP contribution < -0.4 is 17.2 Å². The van der Waals surface area contributed by atoms with E-state index in [0.29, 0.717) is 19.8 Å². The van der Waals surface area contributed by atoms with Crippen LogP contribution in [0.15, 0.2) is 0 Å². The maximum absolute atomic E-state index is 11.6. The van der Waals surface area contributed by atoms with Crippen LogP contribution in [0, 0.1) is 35.5 Å². The van der Waals surface area contributed by atoms with Gasteiger partial charge < -0.3 is 76.3 Å². The zero-order chi connectivity index (χ0) is 45.2. The Morgan fingerprint density at radius 1 is 0.467 bits per heavy atom. The van der Waals surface area contributed by atoms with E-state index in [2.05, 4.69) is 0 Å². The van der Waals surface area contributed by atoms with Gasteiger partial charge in [-0.25, -0.2) is 14.4 Å². The molecule has 6 heterocycles. The monoisotopic (exact) mass is 861 g/mol. The molecule has 6 saturated heterocycles. The van der Waals surface area contributed by atoms with E-state index in [1.807, 2.05) is 41.5 Å². The van der Waals surface area contributed by atoms with E-state index in [-0.39, 0.29) is 111 Å². The van der Waals surface area contributed by atoms with E-state index < -0.39 is 70.7 Å². The average Bonchev–Trinajstić information content (AvgIpc) is 3.87. The predicted molar refractivity (Wildman–Crippen MR) is 204 cm³/mol. The maximum atomic E-state index is 11.6. The van der Waals surface area contributed by atoms with Gasteiger partial charge in [0.15, 0.2) is 16.8 Å². The zero-order valence-electron chi connectivity index (χ0n) is 34.8. The largest absolute Gasteiger partial charge is 0.480 e. The summed E-state index contributed by atoms with van der Waals surface area (Å²) in [5.74, 6) is -5.91. The molecular formula is C39H63N3O18. The van der Waals surface area contributed by atoms with Crippen LogP contribution >= 0.6 is 0 Å². The van der Waals surface area contributed by atoms with Crippen LogP contribution in [0.4, 0.5) is 0 Å². The molecule has 0 aromatic carbocycles. The Labute approximate surface area is 347 Å². The van der Waals surface area contributed by atoms with Crippen molar-refractivity contribution in [1.82, 2.24) is 0 Å². The van der Waals surface area contributed by atoms with Gasteiger partial charge in [0.2, 0.25) is 0 Å². The molecule has 18 atom stereocenters. The smallest absolute Gasteiger partial charge is 0.336 e. The number of ether oxygens (including phenoxy) is 6. The first-order valence-corrected chi connectivity index (χ1v) is 20.3. The van der Waals surface area contributed by atoms with Crippen molar-refractivity contribution in [2.24, 2.45) is 52.7 Å². The molecule has 0 saturated carbocycles. The molecule has 6 aliphatic heterocycles. The number of carbonyl (C=O) groups is 6. The average molecular weight is 862 g/mol. The van der Waals surface area contributed by atoms with Gasteiger partial charge in [0, 0.05) is 58.3 Å². The molecule has 21 nitrogen and oxygen atoms in total. The fourth-order valence-corrected chi connectivity index (χ4v) is 8.93. The van der Waals surface area contributed by atoms with E-state index in [4.69, 9.17) is 60.9 Å². The van der Waals surface area contributed by atoms with E-state index in [9.17, 15) is 44.1 Å². The van der Waals surface area contributed by atoms with Crippen molar-refractivity contribution in [2.45, 2.75) is 152 Å². The number of fused-ring (bicyclic) bond motifs is 3. The topological polar surface area (TPSA) is 357 Å². The summed E-state index contributed by atoms with van der Waals surface area (Å²) in [5, 5.41) is 55.1. The summed E-state index contributed by atoms with van der Waals surface area (Å²) in [6.45, 7) is 13.8. The lowest BCUT2D eigenvalue weighted by Gasteiger charge is -2.35. The van der Waals surface area contributed by atoms with Gasteiger partial charge in [-0.05, 0) is 35.5 Å². The van der Waals surface area contributed by atoms with E-state index in [1.165, 1.54) is 0 Å². The molecule has 21 heteroatoms. The highest BCUT2D eigenvalue weighted by Gasteiger charge is 2.59. The molecule has 0 spiro atoms. The van der Waals surface area contributed by atoms with Gasteiger partial charge in [-0.2, -0.15) is 0 Å². The molecule has 12 N–H and O–H groups in total. The number of rotatable bonds is 12. The lowest BCUT2D eigenvalue weighted by Crippen LogP contribution is -2.47. The Bertz CT molecular complexity index is 1420. The van der Waals surface area contributed by atoms with Crippen molar-refractivity contribution < 1.29 is 87.8 Å². The normalized spacial score (nSPS) is 42.0. The van der Waals surface area contributed by atoms with Crippen molar-refractivity contribution in [3.63, 3.8) is 0 Å². The summed E-state index contributed by atoms with van der Waals surface area (Å²) in [4.78, 5) is 67.4. The van der Waals surface area contributed by atoms with E-state index in [1.54, 1.807) is 0 Å². The Hall–Kier alpha value is -3.54. The van der Waals surface area contributed by atoms with Crippen LogP contribution in [0.5, 0.6) is 0 Å².